The van der Waals surface area contributed by atoms with Gasteiger partial charge in [0.05, 0.1) is 0 Å². The molecule has 1 atom stereocenters. The van der Waals surface area contributed by atoms with Crippen LogP contribution in [0.5, 0.6) is 11.6 Å². The van der Waals surface area contributed by atoms with E-state index in [-0.39, 0.29) is 11.9 Å². The Labute approximate surface area is 187 Å². The second kappa shape index (κ2) is 9.35. The van der Waals surface area contributed by atoms with Crippen molar-refractivity contribution in [2.24, 2.45) is 0 Å². The number of aromatic nitrogens is 2. The molecule has 1 aromatic heterocycles. The van der Waals surface area contributed by atoms with Crippen LogP contribution in [0.3, 0.4) is 0 Å². The minimum Gasteiger partial charge on any atom is -0.439 e. The van der Waals surface area contributed by atoms with Crippen LogP contribution in [-0.4, -0.2) is 46.5 Å². The van der Waals surface area contributed by atoms with Crippen LogP contribution in [0.1, 0.15) is 29.8 Å². The standard InChI is InChI=1S/C24H25ClN4O2/c1-3-18-7-9-19(10-8-18)24(30)29-12-11-28(15-17(29)2)22-14-23(27-16-26-22)31-21-6-4-5-20(25)13-21/h4-10,13-14,16-17H,3,11-12,15H2,1-2H3/t17-/m1/s1. The fourth-order valence-electron chi connectivity index (χ4n) is 3.73. The van der Waals surface area contributed by atoms with Crippen LogP contribution in [0.2, 0.25) is 5.02 Å². The molecular formula is C24H25ClN4O2. The number of halogens is 1. The lowest BCUT2D eigenvalue weighted by molar-refractivity contribution is 0.0673. The van der Waals surface area contributed by atoms with E-state index in [0.717, 1.165) is 17.8 Å². The highest BCUT2D eigenvalue weighted by atomic mass is 35.5. The van der Waals surface area contributed by atoms with Crippen molar-refractivity contribution in [3.63, 3.8) is 0 Å². The third kappa shape index (κ3) is 4.97. The number of aryl methyl sites for hydroxylation is 1. The molecule has 0 bridgehead atoms. The zero-order chi connectivity index (χ0) is 21.8. The maximum atomic E-state index is 13.0. The Morgan fingerprint density at radius 1 is 1.13 bits per heavy atom. The number of carbonyl (C=O) groups is 1. The van der Waals surface area contributed by atoms with Crippen LogP contribution in [0.4, 0.5) is 5.82 Å². The highest BCUT2D eigenvalue weighted by Gasteiger charge is 2.29. The van der Waals surface area contributed by atoms with Crippen molar-refractivity contribution < 1.29 is 9.53 Å². The van der Waals surface area contributed by atoms with Gasteiger partial charge in [-0.25, -0.2) is 9.97 Å². The molecule has 1 aliphatic heterocycles. The summed E-state index contributed by atoms with van der Waals surface area (Å²) >= 11 is 6.03. The average molecular weight is 437 g/mol. The number of piperazine rings is 1. The first-order valence-electron chi connectivity index (χ1n) is 10.4. The molecule has 0 aliphatic carbocycles. The Morgan fingerprint density at radius 3 is 2.65 bits per heavy atom. The van der Waals surface area contributed by atoms with Crippen molar-refractivity contribution in [3.8, 4) is 11.6 Å². The highest BCUT2D eigenvalue weighted by Crippen LogP contribution is 2.26. The van der Waals surface area contributed by atoms with Crippen molar-refractivity contribution in [1.82, 2.24) is 14.9 Å². The molecule has 1 aliphatic rings. The molecule has 2 heterocycles. The van der Waals surface area contributed by atoms with Gasteiger partial charge in [0.25, 0.3) is 5.91 Å². The summed E-state index contributed by atoms with van der Waals surface area (Å²) in [6.07, 6.45) is 2.46. The first kappa shape index (κ1) is 21.1. The maximum absolute atomic E-state index is 13.0. The third-order valence-electron chi connectivity index (χ3n) is 5.47. The monoisotopic (exact) mass is 436 g/mol. The van der Waals surface area contributed by atoms with E-state index in [4.69, 9.17) is 16.3 Å². The number of hydrogen-bond donors (Lipinski definition) is 0. The Hall–Kier alpha value is -3.12. The van der Waals surface area contributed by atoms with Crippen LogP contribution in [0.25, 0.3) is 0 Å². The molecule has 31 heavy (non-hydrogen) atoms. The van der Waals surface area contributed by atoms with Crippen molar-refractivity contribution in [1.29, 1.82) is 0 Å². The van der Waals surface area contributed by atoms with E-state index in [1.54, 1.807) is 12.1 Å². The molecule has 0 saturated carbocycles. The lowest BCUT2D eigenvalue weighted by atomic mass is 10.1. The summed E-state index contributed by atoms with van der Waals surface area (Å²) in [5, 5.41) is 0.603. The van der Waals surface area contributed by atoms with E-state index in [1.165, 1.54) is 11.9 Å². The second-order valence-corrected chi connectivity index (χ2v) is 8.05. The molecule has 0 N–H and O–H groups in total. The minimum atomic E-state index is 0.0550. The number of carbonyl (C=O) groups excluding carboxylic acids is 1. The quantitative estimate of drug-likeness (QED) is 0.573. The van der Waals surface area contributed by atoms with E-state index in [2.05, 4.69) is 28.7 Å². The van der Waals surface area contributed by atoms with Gasteiger partial charge in [-0.15, -0.1) is 0 Å². The van der Waals surface area contributed by atoms with Gasteiger partial charge in [-0.2, -0.15) is 0 Å². The predicted octanol–water partition coefficient (Wildman–Crippen LogP) is 4.84. The third-order valence-corrected chi connectivity index (χ3v) is 5.70. The smallest absolute Gasteiger partial charge is 0.254 e. The number of nitrogens with zero attached hydrogens (tertiary/aromatic N) is 4. The molecule has 4 rings (SSSR count). The lowest BCUT2D eigenvalue weighted by Crippen LogP contribution is -2.54. The highest BCUT2D eigenvalue weighted by molar-refractivity contribution is 6.30. The van der Waals surface area contributed by atoms with E-state index < -0.39 is 0 Å². The molecule has 0 spiro atoms. The van der Waals surface area contributed by atoms with Gasteiger partial charge in [-0.05, 0) is 49.2 Å². The maximum Gasteiger partial charge on any atom is 0.254 e. The summed E-state index contributed by atoms with van der Waals surface area (Å²) < 4.78 is 5.83. The first-order valence-corrected chi connectivity index (χ1v) is 10.8. The van der Waals surface area contributed by atoms with Gasteiger partial charge >= 0.3 is 0 Å². The molecule has 0 unspecified atom stereocenters. The van der Waals surface area contributed by atoms with Crippen LogP contribution in [-0.2, 0) is 6.42 Å². The Morgan fingerprint density at radius 2 is 1.94 bits per heavy atom. The zero-order valence-corrected chi connectivity index (χ0v) is 18.4. The number of amides is 1. The van der Waals surface area contributed by atoms with Gasteiger partial charge in [-0.1, -0.05) is 36.7 Å². The van der Waals surface area contributed by atoms with Crippen molar-refractivity contribution in [2.45, 2.75) is 26.3 Å². The van der Waals surface area contributed by atoms with Gasteiger partial charge in [0, 0.05) is 42.3 Å². The molecule has 0 radical (unpaired) electrons. The number of benzene rings is 2. The molecule has 1 amide bonds. The molecule has 1 saturated heterocycles. The van der Waals surface area contributed by atoms with Crippen LogP contribution in [0, 0.1) is 0 Å². The number of rotatable bonds is 5. The van der Waals surface area contributed by atoms with Gasteiger partial charge in [0.1, 0.15) is 17.9 Å². The molecule has 1 fully saturated rings. The summed E-state index contributed by atoms with van der Waals surface area (Å²) in [6.45, 7) is 6.18. The molecule has 3 aromatic rings. The summed E-state index contributed by atoms with van der Waals surface area (Å²) in [6, 6.07) is 16.9. The predicted molar refractivity (Wildman–Crippen MR) is 122 cm³/mol. The van der Waals surface area contributed by atoms with E-state index in [9.17, 15) is 4.79 Å². The van der Waals surface area contributed by atoms with Gasteiger partial charge in [0.2, 0.25) is 5.88 Å². The Kier molecular flexibility index (Phi) is 6.37. The molecule has 160 valence electrons. The molecule has 2 aromatic carbocycles. The van der Waals surface area contributed by atoms with Crippen LogP contribution < -0.4 is 9.64 Å². The lowest BCUT2D eigenvalue weighted by Gasteiger charge is -2.40. The summed E-state index contributed by atoms with van der Waals surface area (Å²) in [5.41, 5.74) is 1.96. The Balaban J connectivity index is 1.43. The topological polar surface area (TPSA) is 58.6 Å². The van der Waals surface area contributed by atoms with Crippen molar-refractivity contribution >= 4 is 23.3 Å². The summed E-state index contributed by atoms with van der Waals surface area (Å²) in [7, 11) is 0. The first-order chi connectivity index (χ1) is 15.0. The minimum absolute atomic E-state index is 0.0550. The zero-order valence-electron chi connectivity index (χ0n) is 17.7. The molecule has 6 nitrogen and oxygen atoms in total. The van der Waals surface area contributed by atoms with E-state index in [1.807, 2.05) is 47.4 Å². The van der Waals surface area contributed by atoms with E-state index in [0.29, 0.717) is 36.3 Å². The van der Waals surface area contributed by atoms with Crippen LogP contribution >= 0.6 is 11.6 Å². The normalized spacial score (nSPS) is 16.3. The summed E-state index contributed by atoms with van der Waals surface area (Å²) in [5.74, 6) is 1.92. The number of ether oxygens (including phenoxy) is 1. The molecule has 7 heteroatoms. The van der Waals surface area contributed by atoms with Crippen LogP contribution in [0.15, 0.2) is 60.9 Å². The van der Waals surface area contributed by atoms with E-state index >= 15 is 0 Å². The molecular weight excluding hydrogens is 412 g/mol. The van der Waals surface area contributed by atoms with Gasteiger partial charge < -0.3 is 14.5 Å². The summed E-state index contributed by atoms with van der Waals surface area (Å²) in [4.78, 5) is 25.7. The number of anilines is 1. The van der Waals surface area contributed by atoms with Gasteiger partial charge in [-0.3, -0.25) is 4.79 Å². The average Bonchev–Trinajstić information content (AvgIpc) is 2.79. The largest absolute Gasteiger partial charge is 0.439 e. The SMILES string of the molecule is CCc1ccc(C(=O)N2CCN(c3cc(Oc4cccc(Cl)c4)ncn3)C[C@H]2C)cc1. The second-order valence-electron chi connectivity index (χ2n) is 7.62. The van der Waals surface area contributed by atoms with Crippen molar-refractivity contribution in [2.75, 3.05) is 24.5 Å². The fourth-order valence-corrected chi connectivity index (χ4v) is 3.91. The Bertz CT molecular complexity index is 1060. The number of hydrogen-bond acceptors (Lipinski definition) is 5. The van der Waals surface area contributed by atoms with Gasteiger partial charge in [0.15, 0.2) is 0 Å². The fraction of sp³-hybridized carbons (Fsp3) is 0.292. The van der Waals surface area contributed by atoms with Crippen molar-refractivity contribution in [3.05, 3.63) is 77.1 Å².